The SMILES string of the molecule is CCn1nc(CC(=O)CC(C)COC)c2ccccc21. The van der Waals surface area contributed by atoms with Crippen molar-refractivity contribution in [3.63, 3.8) is 0 Å². The van der Waals surface area contributed by atoms with E-state index in [-0.39, 0.29) is 11.7 Å². The maximum absolute atomic E-state index is 12.1. The van der Waals surface area contributed by atoms with Gasteiger partial charge in [-0.3, -0.25) is 9.48 Å². The van der Waals surface area contributed by atoms with E-state index >= 15 is 0 Å². The molecular weight excluding hydrogens is 252 g/mol. The Morgan fingerprint density at radius 3 is 2.85 bits per heavy atom. The van der Waals surface area contributed by atoms with Gasteiger partial charge in [0.15, 0.2) is 0 Å². The van der Waals surface area contributed by atoms with Gasteiger partial charge in [0.1, 0.15) is 5.78 Å². The zero-order chi connectivity index (χ0) is 14.5. The lowest BCUT2D eigenvalue weighted by atomic mass is 10.0. The number of ether oxygens (including phenoxy) is 1. The summed E-state index contributed by atoms with van der Waals surface area (Å²) in [5.74, 6) is 0.480. The minimum atomic E-state index is 0.223. The average molecular weight is 274 g/mol. The van der Waals surface area contributed by atoms with Crippen LogP contribution >= 0.6 is 0 Å². The smallest absolute Gasteiger partial charge is 0.139 e. The molecular formula is C16H22N2O2. The quantitative estimate of drug-likeness (QED) is 0.780. The van der Waals surface area contributed by atoms with E-state index in [4.69, 9.17) is 4.74 Å². The zero-order valence-electron chi connectivity index (χ0n) is 12.4. The van der Waals surface area contributed by atoms with Crippen LogP contribution in [-0.4, -0.2) is 29.3 Å². The highest BCUT2D eigenvalue weighted by Gasteiger charge is 2.15. The Bertz CT molecular complexity index is 589. The summed E-state index contributed by atoms with van der Waals surface area (Å²) in [6.45, 7) is 5.53. The number of para-hydroxylation sites is 1. The van der Waals surface area contributed by atoms with Gasteiger partial charge in [0.05, 0.1) is 17.6 Å². The zero-order valence-corrected chi connectivity index (χ0v) is 12.4. The van der Waals surface area contributed by atoms with E-state index in [0.29, 0.717) is 19.4 Å². The summed E-state index contributed by atoms with van der Waals surface area (Å²) >= 11 is 0. The number of hydrogen-bond acceptors (Lipinski definition) is 3. The molecule has 0 spiro atoms. The Morgan fingerprint density at radius 1 is 1.40 bits per heavy atom. The van der Waals surface area contributed by atoms with E-state index in [9.17, 15) is 4.79 Å². The molecule has 0 N–H and O–H groups in total. The van der Waals surface area contributed by atoms with Crippen LogP contribution in [0, 0.1) is 5.92 Å². The molecule has 108 valence electrons. The number of benzene rings is 1. The van der Waals surface area contributed by atoms with Gasteiger partial charge in [-0.2, -0.15) is 5.10 Å². The molecule has 0 amide bonds. The first-order chi connectivity index (χ1) is 9.65. The Balaban J connectivity index is 2.15. The Kier molecular flexibility index (Phi) is 4.90. The third-order valence-corrected chi connectivity index (χ3v) is 3.43. The molecule has 0 aliphatic heterocycles. The first-order valence-electron chi connectivity index (χ1n) is 7.10. The maximum Gasteiger partial charge on any atom is 0.139 e. The number of Topliss-reactive ketones (excluding diaryl/α,β-unsaturated/α-hetero) is 1. The molecule has 2 aromatic rings. The number of carbonyl (C=O) groups is 1. The third kappa shape index (κ3) is 3.25. The van der Waals surface area contributed by atoms with Crippen LogP contribution in [-0.2, 0) is 22.5 Å². The van der Waals surface area contributed by atoms with Gasteiger partial charge >= 0.3 is 0 Å². The van der Waals surface area contributed by atoms with E-state index in [0.717, 1.165) is 23.1 Å². The van der Waals surface area contributed by atoms with Gasteiger partial charge in [0.2, 0.25) is 0 Å². The number of fused-ring (bicyclic) bond motifs is 1. The number of aromatic nitrogens is 2. The lowest BCUT2D eigenvalue weighted by Gasteiger charge is -2.08. The molecule has 1 atom stereocenters. The van der Waals surface area contributed by atoms with Crippen molar-refractivity contribution in [2.75, 3.05) is 13.7 Å². The molecule has 1 unspecified atom stereocenters. The highest BCUT2D eigenvalue weighted by Crippen LogP contribution is 2.19. The normalized spacial score (nSPS) is 12.8. The van der Waals surface area contributed by atoms with Crippen molar-refractivity contribution in [2.24, 2.45) is 5.92 Å². The maximum atomic E-state index is 12.1. The molecule has 0 bridgehead atoms. The van der Waals surface area contributed by atoms with Gasteiger partial charge in [0.25, 0.3) is 0 Å². The van der Waals surface area contributed by atoms with Crippen molar-refractivity contribution in [1.29, 1.82) is 0 Å². The number of methoxy groups -OCH3 is 1. The van der Waals surface area contributed by atoms with Crippen LogP contribution in [0.5, 0.6) is 0 Å². The van der Waals surface area contributed by atoms with E-state index in [1.165, 1.54) is 0 Å². The van der Waals surface area contributed by atoms with Crippen LogP contribution in [0.2, 0.25) is 0 Å². The predicted octanol–water partition coefficient (Wildman–Crippen LogP) is 2.84. The van der Waals surface area contributed by atoms with Crippen molar-refractivity contribution in [1.82, 2.24) is 9.78 Å². The monoisotopic (exact) mass is 274 g/mol. The molecule has 4 heteroatoms. The highest BCUT2D eigenvalue weighted by atomic mass is 16.5. The minimum Gasteiger partial charge on any atom is -0.384 e. The number of ketones is 1. The fourth-order valence-electron chi connectivity index (χ4n) is 2.56. The second-order valence-corrected chi connectivity index (χ2v) is 5.26. The lowest BCUT2D eigenvalue weighted by Crippen LogP contribution is -2.13. The summed E-state index contributed by atoms with van der Waals surface area (Å²) in [5.41, 5.74) is 1.99. The second kappa shape index (κ2) is 6.66. The summed E-state index contributed by atoms with van der Waals surface area (Å²) in [5, 5.41) is 5.65. The topological polar surface area (TPSA) is 44.1 Å². The number of carbonyl (C=O) groups excluding carboxylic acids is 1. The van der Waals surface area contributed by atoms with E-state index in [1.807, 2.05) is 35.9 Å². The van der Waals surface area contributed by atoms with Crippen LogP contribution < -0.4 is 0 Å². The first-order valence-corrected chi connectivity index (χ1v) is 7.10. The molecule has 1 heterocycles. The molecule has 0 aliphatic carbocycles. The van der Waals surface area contributed by atoms with Crippen molar-refractivity contribution in [3.05, 3.63) is 30.0 Å². The van der Waals surface area contributed by atoms with Crippen LogP contribution in [0.25, 0.3) is 10.9 Å². The van der Waals surface area contributed by atoms with Crippen molar-refractivity contribution >= 4 is 16.7 Å². The van der Waals surface area contributed by atoms with E-state index in [2.05, 4.69) is 12.0 Å². The molecule has 0 aliphatic rings. The Morgan fingerprint density at radius 2 is 2.15 bits per heavy atom. The molecule has 0 saturated heterocycles. The molecule has 0 radical (unpaired) electrons. The van der Waals surface area contributed by atoms with Crippen LogP contribution in [0.15, 0.2) is 24.3 Å². The highest BCUT2D eigenvalue weighted by molar-refractivity contribution is 5.88. The van der Waals surface area contributed by atoms with Gasteiger partial charge in [-0.1, -0.05) is 25.1 Å². The number of nitrogens with zero attached hydrogens (tertiary/aromatic N) is 2. The number of hydrogen-bond donors (Lipinski definition) is 0. The van der Waals surface area contributed by atoms with Crippen LogP contribution in [0.3, 0.4) is 0 Å². The lowest BCUT2D eigenvalue weighted by molar-refractivity contribution is -0.119. The predicted molar refractivity (Wildman–Crippen MR) is 79.8 cm³/mol. The largest absolute Gasteiger partial charge is 0.384 e. The average Bonchev–Trinajstić information content (AvgIpc) is 2.77. The number of rotatable bonds is 7. The number of aryl methyl sites for hydroxylation is 1. The third-order valence-electron chi connectivity index (χ3n) is 3.43. The first kappa shape index (κ1) is 14.7. The summed E-state index contributed by atoms with van der Waals surface area (Å²) in [6, 6.07) is 8.08. The standard InChI is InChI=1S/C16H22N2O2/c1-4-18-16-8-6-5-7-14(16)15(17-18)10-13(19)9-12(2)11-20-3/h5-8,12H,4,9-11H2,1-3H3. The fourth-order valence-corrected chi connectivity index (χ4v) is 2.56. The minimum absolute atomic E-state index is 0.223. The van der Waals surface area contributed by atoms with Gasteiger partial charge in [-0.25, -0.2) is 0 Å². The summed E-state index contributed by atoms with van der Waals surface area (Å²) in [7, 11) is 1.66. The van der Waals surface area contributed by atoms with Gasteiger partial charge in [0, 0.05) is 32.1 Å². The van der Waals surface area contributed by atoms with Crippen molar-refractivity contribution < 1.29 is 9.53 Å². The molecule has 4 nitrogen and oxygen atoms in total. The molecule has 1 aromatic carbocycles. The molecule has 0 saturated carbocycles. The summed E-state index contributed by atoms with van der Waals surface area (Å²) in [4.78, 5) is 12.1. The Hall–Kier alpha value is -1.68. The van der Waals surface area contributed by atoms with Crippen LogP contribution in [0.1, 0.15) is 26.0 Å². The van der Waals surface area contributed by atoms with Gasteiger partial charge in [-0.15, -0.1) is 0 Å². The molecule has 1 aromatic heterocycles. The van der Waals surface area contributed by atoms with Crippen LogP contribution in [0.4, 0.5) is 0 Å². The second-order valence-electron chi connectivity index (χ2n) is 5.26. The Labute approximate surface area is 119 Å². The molecule has 2 rings (SSSR count). The summed E-state index contributed by atoms with van der Waals surface area (Å²) in [6.07, 6.45) is 0.947. The fraction of sp³-hybridized carbons (Fsp3) is 0.500. The van der Waals surface area contributed by atoms with Crippen molar-refractivity contribution in [2.45, 2.75) is 33.2 Å². The van der Waals surface area contributed by atoms with Crippen molar-refractivity contribution in [3.8, 4) is 0 Å². The van der Waals surface area contributed by atoms with E-state index < -0.39 is 0 Å². The van der Waals surface area contributed by atoms with Gasteiger partial charge < -0.3 is 4.74 Å². The molecule has 0 fully saturated rings. The van der Waals surface area contributed by atoms with E-state index in [1.54, 1.807) is 7.11 Å². The van der Waals surface area contributed by atoms with Gasteiger partial charge in [-0.05, 0) is 18.9 Å². The molecule has 20 heavy (non-hydrogen) atoms. The summed E-state index contributed by atoms with van der Waals surface area (Å²) < 4.78 is 7.03.